The van der Waals surface area contributed by atoms with Crippen LogP contribution in [-0.4, -0.2) is 20.2 Å². The highest BCUT2D eigenvalue weighted by Gasteiger charge is 2.45. The Labute approximate surface area is 132 Å². The summed E-state index contributed by atoms with van der Waals surface area (Å²) in [5.41, 5.74) is 4.60. The molecular formula is C20H23NO. The van der Waals surface area contributed by atoms with E-state index in [1.807, 2.05) is 0 Å². The second-order valence-corrected chi connectivity index (χ2v) is 6.60. The van der Waals surface area contributed by atoms with Gasteiger partial charge in [0.15, 0.2) is 0 Å². The first-order valence-corrected chi connectivity index (χ1v) is 8.22. The van der Waals surface area contributed by atoms with Gasteiger partial charge in [-0.15, -0.1) is 0 Å². The normalized spacial score (nSPS) is 29.2. The van der Waals surface area contributed by atoms with Crippen molar-refractivity contribution in [3.8, 4) is 5.75 Å². The molecule has 1 N–H and O–H groups in total. The molecule has 22 heavy (non-hydrogen) atoms. The fourth-order valence-corrected chi connectivity index (χ4v) is 4.65. The van der Waals surface area contributed by atoms with Crippen LogP contribution in [0.4, 0.5) is 0 Å². The lowest BCUT2D eigenvalue weighted by molar-refractivity contribution is 0.248. The maximum atomic E-state index is 5.30. The molecule has 2 heteroatoms. The third kappa shape index (κ3) is 2.05. The van der Waals surface area contributed by atoms with E-state index >= 15 is 0 Å². The zero-order chi connectivity index (χ0) is 15.1. The standard InChI is InChI=1S/C20H23NO/c1-21-19-12-14-11-18(13-7-9-15(22-2)10-8-13)20(19)17-6-4-3-5-16(14)17/h3-10,14,18-21H,11-12H2,1-2H3/t14-,18+,19+,20-/m0/s1. The largest absolute Gasteiger partial charge is 0.497 e. The molecule has 0 radical (unpaired) electrons. The van der Waals surface area contributed by atoms with Crippen molar-refractivity contribution in [3.05, 3.63) is 65.2 Å². The number of fused-ring (bicyclic) bond motifs is 2. The lowest BCUT2D eigenvalue weighted by atomic mass is 9.58. The second kappa shape index (κ2) is 5.44. The minimum atomic E-state index is 0.583. The van der Waals surface area contributed by atoms with Gasteiger partial charge in [0.2, 0.25) is 0 Å². The van der Waals surface area contributed by atoms with E-state index in [9.17, 15) is 0 Å². The van der Waals surface area contributed by atoms with Crippen LogP contribution in [0.2, 0.25) is 0 Å². The first kappa shape index (κ1) is 13.8. The molecule has 0 spiro atoms. The Morgan fingerprint density at radius 3 is 2.36 bits per heavy atom. The number of nitrogens with one attached hydrogen (secondary N) is 1. The van der Waals surface area contributed by atoms with Crippen LogP contribution in [0.1, 0.15) is 47.3 Å². The average Bonchev–Trinajstić information content (AvgIpc) is 2.61. The second-order valence-electron chi connectivity index (χ2n) is 6.60. The molecule has 0 saturated heterocycles. The fraction of sp³-hybridized carbons (Fsp3) is 0.400. The molecule has 1 fully saturated rings. The minimum Gasteiger partial charge on any atom is -0.497 e. The van der Waals surface area contributed by atoms with E-state index in [-0.39, 0.29) is 0 Å². The average molecular weight is 293 g/mol. The van der Waals surface area contributed by atoms with Crippen LogP contribution in [0, 0.1) is 0 Å². The van der Waals surface area contributed by atoms with Crippen molar-refractivity contribution in [1.29, 1.82) is 0 Å². The van der Waals surface area contributed by atoms with Crippen LogP contribution in [0.25, 0.3) is 0 Å². The Kier molecular flexibility index (Phi) is 3.42. The lowest BCUT2D eigenvalue weighted by Crippen LogP contribution is -2.45. The third-order valence-electron chi connectivity index (χ3n) is 5.65. The molecule has 3 aliphatic rings. The molecule has 2 aromatic carbocycles. The van der Waals surface area contributed by atoms with E-state index in [2.05, 4.69) is 60.9 Å². The van der Waals surface area contributed by atoms with Gasteiger partial charge in [0, 0.05) is 12.0 Å². The molecule has 114 valence electrons. The molecule has 0 unspecified atom stereocenters. The summed E-state index contributed by atoms with van der Waals surface area (Å²) in [5, 5.41) is 3.57. The highest BCUT2D eigenvalue weighted by Crippen LogP contribution is 2.56. The predicted molar refractivity (Wildman–Crippen MR) is 89.7 cm³/mol. The Morgan fingerprint density at radius 2 is 1.68 bits per heavy atom. The van der Waals surface area contributed by atoms with Gasteiger partial charge >= 0.3 is 0 Å². The van der Waals surface area contributed by atoms with Crippen LogP contribution in [0.15, 0.2) is 48.5 Å². The summed E-state index contributed by atoms with van der Waals surface area (Å²) in [7, 11) is 3.84. The van der Waals surface area contributed by atoms with Crippen molar-refractivity contribution in [1.82, 2.24) is 5.32 Å². The van der Waals surface area contributed by atoms with E-state index in [0.29, 0.717) is 23.8 Å². The molecule has 0 heterocycles. The maximum absolute atomic E-state index is 5.30. The molecule has 1 saturated carbocycles. The minimum absolute atomic E-state index is 0.583. The predicted octanol–water partition coefficient (Wildman–Crippen LogP) is 4.04. The topological polar surface area (TPSA) is 21.3 Å². The molecule has 4 atom stereocenters. The molecule has 5 rings (SSSR count). The summed E-state index contributed by atoms with van der Waals surface area (Å²) < 4.78 is 5.30. The van der Waals surface area contributed by atoms with E-state index in [0.717, 1.165) is 5.75 Å². The maximum Gasteiger partial charge on any atom is 0.118 e. The number of methoxy groups -OCH3 is 1. The Bertz CT molecular complexity index is 664. The molecule has 0 aromatic heterocycles. The highest BCUT2D eigenvalue weighted by atomic mass is 16.5. The highest BCUT2D eigenvalue weighted by molar-refractivity contribution is 5.45. The van der Waals surface area contributed by atoms with E-state index in [1.54, 1.807) is 18.2 Å². The van der Waals surface area contributed by atoms with Crippen LogP contribution < -0.4 is 10.1 Å². The number of ether oxygens (including phenoxy) is 1. The van der Waals surface area contributed by atoms with Crippen LogP contribution >= 0.6 is 0 Å². The Morgan fingerprint density at radius 1 is 0.955 bits per heavy atom. The Hall–Kier alpha value is -1.80. The van der Waals surface area contributed by atoms with Gasteiger partial charge in [0.05, 0.1) is 7.11 Å². The smallest absolute Gasteiger partial charge is 0.118 e. The molecule has 2 nitrogen and oxygen atoms in total. The monoisotopic (exact) mass is 293 g/mol. The summed E-state index contributed by atoms with van der Waals surface area (Å²) in [6.45, 7) is 0. The Balaban J connectivity index is 1.75. The van der Waals surface area contributed by atoms with E-state index in [4.69, 9.17) is 4.74 Å². The van der Waals surface area contributed by atoms with Gasteiger partial charge in [-0.05, 0) is 60.5 Å². The molecule has 2 bridgehead atoms. The quantitative estimate of drug-likeness (QED) is 0.922. The van der Waals surface area contributed by atoms with Crippen molar-refractivity contribution < 1.29 is 4.74 Å². The number of benzene rings is 2. The molecule has 0 amide bonds. The van der Waals surface area contributed by atoms with Crippen molar-refractivity contribution in [3.63, 3.8) is 0 Å². The van der Waals surface area contributed by atoms with Gasteiger partial charge in [-0.2, -0.15) is 0 Å². The van der Waals surface area contributed by atoms with Crippen LogP contribution in [0.5, 0.6) is 5.75 Å². The van der Waals surface area contributed by atoms with Crippen LogP contribution in [0.3, 0.4) is 0 Å². The summed E-state index contributed by atoms with van der Waals surface area (Å²) in [6.07, 6.45) is 2.54. The van der Waals surface area contributed by atoms with Gasteiger partial charge in [0.1, 0.15) is 5.75 Å². The van der Waals surface area contributed by atoms with Crippen molar-refractivity contribution in [2.24, 2.45) is 0 Å². The summed E-state index contributed by atoms with van der Waals surface area (Å²) in [4.78, 5) is 0. The third-order valence-corrected chi connectivity index (χ3v) is 5.65. The van der Waals surface area contributed by atoms with Gasteiger partial charge in [0.25, 0.3) is 0 Å². The summed E-state index contributed by atoms with van der Waals surface area (Å²) in [6, 6.07) is 18.3. The number of rotatable bonds is 3. The summed E-state index contributed by atoms with van der Waals surface area (Å²) >= 11 is 0. The zero-order valence-corrected chi connectivity index (χ0v) is 13.3. The van der Waals surface area contributed by atoms with E-state index in [1.165, 1.54) is 18.4 Å². The first-order chi connectivity index (χ1) is 10.8. The first-order valence-electron chi connectivity index (χ1n) is 8.22. The number of likely N-dealkylation sites (N-methyl/N-ethyl adjacent to an activating group) is 1. The van der Waals surface area contributed by atoms with Crippen molar-refractivity contribution in [2.75, 3.05) is 14.2 Å². The SMILES string of the molecule is CN[C@@H]1C[C@@H]2C[C@H](c3ccc(OC)cc3)[C@@H]1c1ccccc12. The number of hydrogen-bond acceptors (Lipinski definition) is 2. The zero-order valence-electron chi connectivity index (χ0n) is 13.3. The van der Waals surface area contributed by atoms with Crippen molar-refractivity contribution >= 4 is 0 Å². The van der Waals surface area contributed by atoms with Crippen molar-refractivity contribution in [2.45, 2.75) is 36.6 Å². The molecule has 3 aliphatic carbocycles. The van der Waals surface area contributed by atoms with Gasteiger partial charge in [-0.1, -0.05) is 36.4 Å². The number of hydrogen-bond donors (Lipinski definition) is 1. The molecule has 2 aromatic rings. The van der Waals surface area contributed by atoms with Gasteiger partial charge in [-0.3, -0.25) is 0 Å². The van der Waals surface area contributed by atoms with E-state index < -0.39 is 0 Å². The van der Waals surface area contributed by atoms with Gasteiger partial charge < -0.3 is 10.1 Å². The summed E-state index contributed by atoms with van der Waals surface area (Å²) in [5.74, 6) is 2.82. The van der Waals surface area contributed by atoms with Crippen LogP contribution in [-0.2, 0) is 0 Å². The molecular weight excluding hydrogens is 270 g/mol. The lowest BCUT2D eigenvalue weighted by Gasteiger charge is -2.49. The fourth-order valence-electron chi connectivity index (χ4n) is 4.65. The molecule has 0 aliphatic heterocycles. The van der Waals surface area contributed by atoms with Gasteiger partial charge in [-0.25, -0.2) is 0 Å².